The van der Waals surface area contributed by atoms with Gasteiger partial charge in [0.05, 0.1) is 24.3 Å². The summed E-state index contributed by atoms with van der Waals surface area (Å²) in [5, 5.41) is 2.58. The number of para-hydroxylation sites is 2. The molecule has 0 unspecified atom stereocenters. The van der Waals surface area contributed by atoms with Gasteiger partial charge in [-0.1, -0.05) is 12.1 Å². The molecule has 0 aliphatic carbocycles. The highest BCUT2D eigenvalue weighted by molar-refractivity contribution is 7.13. The third-order valence-electron chi connectivity index (χ3n) is 5.99. The van der Waals surface area contributed by atoms with Crippen molar-refractivity contribution in [2.75, 3.05) is 24.5 Å². The van der Waals surface area contributed by atoms with Gasteiger partial charge in [0.15, 0.2) is 6.10 Å². The van der Waals surface area contributed by atoms with Crippen LogP contribution in [0.1, 0.15) is 25.0 Å². The van der Waals surface area contributed by atoms with Gasteiger partial charge in [-0.05, 0) is 55.7 Å². The van der Waals surface area contributed by atoms with Crippen molar-refractivity contribution in [2.45, 2.75) is 31.8 Å². The lowest BCUT2D eigenvalue weighted by Crippen LogP contribution is -2.53. The summed E-state index contributed by atoms with van der Waals surface area (Å²) < 4.78 is 19.2. The molecule has 0 bridgehead atoms. The van der Waals surface area contributed by atoms with Crippen molar-refractivity contribution in [1.29, 1.82) is 0 Å². The maximum absolute atomic E-state index is 13.3. The maximum atomic E-state index is 13.3. The zero-order valence-electron chi connectivity index (χ0n) is 18.1. The number of amides is 2. The molecular weight excluding hydrogens is 441 g/mol. The van der Waals surface area contributed by atoms with E-state index in [1.165, 1.54) is 23.5 Å². The van der Waals surface area contributed by atoms with Gasteiger partial charge in [-0.3, -0.25) is 9.59 Å². The zero-order chi connectivity index (χ0) is 22.8. The van der Waals surface area contributed by atoms with Gasteiger partial charge in [-0.15, -0.1) is 11.3 Å². The molecule has 2 aromatic carbocycles. The fourth-order valence-corrected chi connectivity index (χ4v) is 5.11. The Bertz CT molecular complexity index is 1160. The maximum Gasteiger partial charge on any atom is 0.265 e. The number of fused-ring (bicyclic) bond motifs is 1. The minimum absolute atomic E-state index is 0.0609. The Balaban J connectivity index is 1.34. The second-order valence-electron chi connectivity index (χ2n) is 8.29. The molecule has 2 amide bonds. The van der Waals surface area contributed by atoms with Crippen LogP contribution in [0.3, 0.4) is 0 Å². The molecule has 1 saturated heterocycles. The fraction of sp³-hybridized carbons (Fsp3) is 0.320. The molecule has 3 heterocycles. The number of hydrogen-bond donors (Lipinski definition) is 0. The number of nitrogens with zero attached hydrogens (tertiary/aromatic N) is 3. The lowest BCUT2D eigenvalue weighted by atomic mass is 10.1. The predicted molar refractivity (Wildman–Crippen MR) is 125 cm³/mol. The number of benzene rings is 2. The summed E-state index contributed by atoms with van der Waals surface area (Å²) in [5.41, 5.74) is 2.12. The SMILES string of the molecule is O=C([C@H]1CN(C(=O)Cc2csc(-c3ccc(F)cc3)n2)c2ccccc2O1)N1CCCCC1. The molecule has 0 radical (unpaired) electrons. The first kappa shape index (κ1) is 21.6. The van der Waals surface area contributed by atoms with E-state index in [0.717, 1.165) is 42.9 Å². The molecule has 1 atom stereocenters. The van der Waals surface area contributed by atoms with Crippen molar-refractivity contribution in [1.82, 2.24) is 9.88 Å². The normalized spacial score (nSPS) is 17.9. The first-order chi connectivity index (χ1) is 16.1. The van der Waals surface area contributed by atoms with E-state index in [9.17, 15) is 14.0 Å². The van der Waals surface area contributed by atoms with Crippen LogP contribution in [0.15, 0.2) is 53.9 Å². The lowest BCUT2D eigenvalue weighted by Gasteiger charge is -2.37. The van der Waals surface area contributed by atoms with Crippen LogP contribution >= 0.6 is 11.3 Å². The third-order valence-corrected chi connectivity index (χ3v) is 6.93. The topological polar surface area (TPSA) is 62.7 Å². The van der Waals surface area contributed by atoms with E-state index in [1.807, 2.05) is 28.5 Å². The van der Waals surface area contributed by atoms with Gasteiger partial charge in [-0.25, -0.2) is 9.37 Å². The number of anilines is 1. The quantitative estimate of drug-likeness (QED) is 0.577. The van der Waals surface area contributed by atoms with Gasteiger partial charge < -0.3 is 14.5 Å². The van der Waals surface area contributed by atoms with E-state index in [1.54, 1.807) is 23.1 Å². The summed E-state index contributed by atoms with van der Waals surface area (Å²) in [6.45, 7) is 1.65. The lowest BCUT2D eigenvalue weighted by molar-refractivity contribution is -0.139. The molecule has 5 rings (SSSR count). The Kier molecular flexibility index (Phi) is 6.09. The Morgan fingerprint density at radius 2 is 1.82 bits per heavy atom. The minimum atomic E-state index is -0.716. The van der Waals surface area contributed by atoms with Crippen LogP contribution in [0, 0.1) is 5.82 Å². The molecule has 170 valence electrons. The number of hydrogen-bond acceptors (Lipinski definition) is 5. The highest BCUT2D eigenvalue weighted by Crippen LogP contribution is 2.34. The Labute approximate surface area is 195 Å². The van der Waals surface area contributed by atoms with Crippen molar-refractivity contribution < 1.29 is 18.7 Å². The monoisotopic (exact) mass is 465 g/mol. The smallest absolute Gasteiger partial charge is 0.265 e. The van der Waals surface area contributed by atoms with Gasteiger partial charge >= 0.3 is 0 Å². The van der Waals surface area contributed by atoms with Crippen LogP contribution in [-0.4, -0.2) is 47.4 Å². The summed E-state index contributed by atoms with van der Waals surface area (Å²) >= 11 is 1.42. The summed E-state index contributed by atoms with van der Waals surface area (Å²) in [7, 11) is 0. The summed E-state index contributed by atoms with van der Waals surface area (Å²) in [4.78, 5) is 34.5. The van der Waals surface area contributed by atoms with E-state index in [4.69, 9.17) is 4.74 Å². The van der Waals surface area contributed by atoms with Crippen molar-refractivity contribution in [2.24, 2.45) is 0 Å². The van der Waals surface area contributed by atoms with Gasteiger partial charge in [0, 0.05) is 24.0 Å². The summed E-state index contributed by atoms with van der Waals surface area (Å²) in [5.74, 6) is 0.0375. The fourth-order valence-electron chi connectivity index (χ4n) is 4.28. The number of thiazole rings is 1. The Morgan fingerprint density at radius 1 is 1.06 bits per heavy atom. The molecule has 0 spiro atoms. The number of likely N-dealkylation sites (tertiary alicyclic amines) is 1. The van der Waals surface area contributed by atoms with Crippen LogP contribution in [0.2, 0.25) is 0 Å². The average molecular weight is 466 g/mol. The number of piperidine rings is 1. The van der Waals surface area contributed by atoms with E-state index >= 15 is 0 Å². The molecule has 2 aliphatic rings. The van der Waals surface area contributed by atoms with Crippen molar-refractivity contribution in [3.8, 4) is 16.3 Å². The van der Waals surface area contributed by atoms with Gasteiger partial charge in [0.2, 0.25) is 5.91 Å². The van der Waals surface area contributed by atoms with Gasteiger partial charge in [0.1, 0.15) is 16.6 Å². The van der Waals surface area contributed by atoms with Gasteiger partial charge in [-0.2, -0.15) is 0 Å². The third kappa shape index (κ3) is 4.61. The van der Waals surface area contributed by atoms with Crippen molar-refractivity contribution in [3.63, 3.8) is 0 Å². The number of halogens is 1. The molecule has 0 saturated carbocycles. The van der Waals surface area contributed by atoms with Gasteiger partial charge in [0.25, 0.3) is 5.91 Å². The molecule has 8 heteroatoms. The molecule has 1 fully saturated rings. The predicted octanol–water partition coefficient (Wildman–Crippen LogP) is 4.30. The van der Waals surface area contributed by atoms with Crippen molar-refractivity contribution in [3.05, 3.63) is 65.4 Å². The number of carbonyl (C=O) groups excluding carboxylic acids is 2. The van der Waals surface area contributed by atoms with E-state index in [2.05, 4.69) is 4.98 Å². The average Bonchev–Trinajstić information content (AvgIpc) is 3.32. The highest BCUT2D eigenvalue weighted by atomic mass is 32.1. The molecule has 1 aromatic heterocycles. The van der Waals surface area contributed by atoms with E-state index in [0.29, 0.717) is 17.1 Å². The summed E-state index contributed by atoms with van der Waals surface area (Å²) in [6, 6.07) is 13.5. The molecule has 6 nitrogen and oxygen atoms in total. The summed E-state index contributed by atoms with van der Waals surface area (Å²) in [6.07, 6.45) is 2.52. The van der Waals surface area contributed by atoms with Crippen molar-refractivity contribution >= 4 is 28.8 Å². The second-order valence-corrected chi connectivity index (χ2v) is 9.15. The van der Waals surface area contributed by atoms with Crippen LogP contribution in [0.5, 0.6) is 5.75 Å². The molecule has 0 N–H and O–H groups in total. The number of ether oxygens (including phenoxy) is 1. The molecule has 3 aromatic rings. The standard InChI is InChI=1S/C25H24FN3O3S/c26-18-10-8-17(9-11-18)24-27-19(16-33-24)14-23(30)29-15-22(25(31)28-12-4-1-5-13-28)32-21-7-3-2-6-20(21)29/h2-3,6-11,16,22H,1,4-5,12-15H2/t22-/m1/s1. The first-order valence-corrected chi connectivity index (χ1v) is 12.0. The van der Waals surface area contributed by atoms with E-state index < -0.39 is 6.10 Å². The second kappa shape index (κ2) is 9.31. The molecular formula is C25H24FN3O3S. The van der Waals surface area contributed by atoms with Crippen LogP contribution in [-0.2, 0) is 16.0 Å². The first-order valence-electron chi connectivity index (χ1n) is 11.1. The largest absolute Gasteiger partial charge is 0.476 e. The number of aromatic nitrogens is 1. The van der Waals surface area contributed by atoms with E-state index in [-0.39, 0.29) is 30.6 Å². The minimum Gasteiger partial charge on any atom is -0.476 e. The van der Waals surface area contributed by atoms with Crippen LogP contribution in [0.4, 0.5) is 10.1 Å². The van der Waals surface area contributed by atoms with Crippen LogP contribution in [0.25, 0.3) is 10.6 Å². The van der Waals surface area contributed by atoms with Crippen LogP contribution < -0.4 is 9.64 Å². The molecule has 33 heavy (non-hydrogen) atoms. The number of carbonyl (C=O) groups is 2. The Morgan fingerprint density at radius 3 is 2.61 bits per heavy atom. The molecule has 2 aliphatic heterocycles. The Hall–Kier alpha value is -3.26. The number of rotatable bonds is 4. The zero-order valence-corrected chi connectivity index (χ0v) is 18.9. The highest BCUT2D eigenvalue weighted by Gasteiger charge is 2.36.